The number of amides is 2. The van der Waals surface area contributed by atoms with Crippen LogP contribution in [0.1, 0.15) is 16.2 Å². The van der Waals surface area contributed by atoms with Crippen molar-refractivity contribution >= 4 is 46.1 Å². The molecule has 28 heavy (non-hydrogen) atoms. The molecule has 1 fully saturated rings. The molecule has 0 aromatic carbocycles. The Labute approximate surface area is 175 Å². The van der Waals surface area contributed by atoms with Gasteiger partial charge in [0.05, 0.1) is 15.6 Å². The smallest absolute Gasteiger partial charge is 0.273 e. The summed E-state index contributed by atoms with van der Waals surface area (Å²) in [4.78, 5) is 38.4. The van der Waals surface area contributed by atoms with Gasteiger partial charge in [-0.25, -0.2) is 4.98 Å². The molecule has 0 bridgehead atoms. The molecule has 1 aliphatic heterocycles. The number of thiazole rings is 1. The van der Waals surface area contributed by atoms with Gasteiger partial charge in [-0.15, -0.1) is 22.7 Å². The Morgan fingerprint density at radius 2 is 1.86 bits per heavy atom. The first-order valence-corrected chi connectivity index (χ1v) is 10.9. The maximum Gasteiger partial charge on any atom is 0.273 e. The molecule has 0 radical (unpaired) electrons. The van der Waals surface area contributed by atoms with E-state index in [0.717, 1.165) is 15.6 Å². The number of piperazine rings is 1. The summed E-state index contributed by atoms with van der Waals surface area (Å²) in [5, 5.41) is 2.58. The van der Waals surface area contributed by atoms with Gasteiger partial charge in [0.25, 0.3) is 5.91 Å². The highest BCUT2D eigenvalue weighted by Gasteiger charge is 2.26. The number of hydrogen-bond acceptors (Lipinski definition) is 6. The van der Waals surface area contributed by atoms with Crippen molar-refractivity contribution in [1.82, 2.24) is 19.8 Å². The molecule has 1 aliphatic rings. The van der Waals surface area contributed by atoms with Crippen LogP contribution >= 0.6 is 34.3 Å². The van der Waals surface area contributed by atoms with E-state index in [1.165, 1.54) is 22.7 Å². The van der Waals surface area contributed by atoms with Gasteiger partial charge in [-0.3, -0.25) is 14.6 Å². The van der Waals surface area contributed by atoms with Crippen molar-refractivity contribution in [3.05, 3.63) is 57.6 Å². The average molecular weight is 433 g/mol. The molecule has 4 rings (SSSR count). The summed E-state index contributed by atoms with van der Waals surface area (Å²) in [7, 11) is 0. The summed E-state index contributed by atoms with van der Waals surface area (Å²) in [6.07, 6.45) is 1.97. The highest BCUT2D eigenvalue weighted by atomic mass is 35.5. The molecule has 1 saturated heterocycles. The predicted octanol–water partition coefficient (Wildman–Crippen LogP) is 3.45. The molecular weight excluding hydrogens is 416 g/mol. The Balaban J connectivity index is 1.34. The van der Waals surface area contributed by atoms with Crippen molar-refractivity contribution in [1.29, 1.82) is 0 Å². The maximum atomic E-state index is 12.8. The largest absolute Gasteiger partial charge is 0.339 e. The number of thiophene rings is 1. The third-order valence-electron chi connectivity index (χ3n) is 4.49. The fourth-order valence-corrected chi connectivity index (χ4v) is 4.91. The zero-order valence-electron chi connectivity index (χ0n) is 14.9. The van der Waals surface area contributed by atoms with E-state index < -0.39 is 0 Å². The van der Waals surface area contributed by atoms with Crippen LogP contribution in [-0.2, 0) is 11.2 Å². The summed E-state index contributed by atoms with van der Waals surface area (Å²) >= 11 is 8.86. The predicted molar refractivity (Wildman–Crippen MR) is 111 cm³/mol. The van der Waals surface area contributed by atoms with E-state index in [1.807, 2.05) is 30.3 Å². The molecule has 3 aromatic rings. The highest BCUT2D eigenvalue weighted by Crippen LogP contribution is 2.33. The number of pyridine rings is 1. The molecule has 3 aromatic heterocycles. The average Bonchev–Trinajstić information content (AvgIpc) is 3.37. The van der Waals surface area contributed by atoms with Crippen LogP contribution < -0.4 is 0 Å². The molecule has 6 nitrogen and oxygen atoms in total. The van der Waals surface area contributed by atoms with E-state index in [4.69, 9.17) is 11.6 Å². The quantitative estimate of drug-likeness (QED) is 0.633. The van der Waals surface area contributed by atoms with E-state index in [9.17, 15) is 9.59 Å². The molecular formula is C19H17ClN4O2S2. The van der Waals surface area contributed by atoms with Crippen LogP contribution in [0.3, 0.4) is 0 Å². The van der Waals surface area contributed by atoms with Crippen LogP contribution in [0.2, 0.25) is 4.34 Å². The fourth-order valence-electron chi connectivity index (χ4n) is 3.00. The van der Waals surface area contributed by atoms with Gasteiger partial charge in [0.2, 0.25) is 5.91 Å². The third-order valence-corrected chi connectivity index (χ3v) is 6.73. The lowest BCUT2D eigenvalue weighted by Gasteiger charge is -2.34. The molecule has 0 unspecified atom stereocenters. The van der Waals surface area contributed by atoms with Gasteiger partial charge in [0.1, 0.15) is 10.7 Å². The van der Waals surface area contributed by atoms with Crippen LogP contribution in [0.5, 0.6) is 0 Å². The van der Waals surface area contributed by atoms with Crippen molar-refractivity contribution in [3.8, 4) is 9.88 Å². The molecule has 9 heteroatoms. The van der Waals surface area contributed by atoms with E-state index in [-0.39, 0.29) is 18.2 Å². The normalized spacial score (nSPS) is 14.3. The van der Waals surface area contributed by atoms with E-state index in [0.29, 0.717) is 36.2 Å². The van der Waals surface area contributed by atoms with Gasteiger partial charge in [-0.2, -0.15) is 0 Å². The third kappa shape index (κ3) is 4.24. The SMILES string of the molecule is O=C(Cc1ccccn1)N1CCN(C(=O)c2csc(-c3ccc(Cl)s3)n2)CC1. The van der Waals surface area contributed by atoms with Crippen LogP contribution in [0, 0.1) is 0 Å². The Kier molecular flexibility index (Phi) is 5.70. The number of hydrogen-bond donors (Lipinski definition) is 0. The monoisotopic (exact) mass is 432 g/mol. The van der Waals surface area contributed by atoms with Gasteiger partial charge in [0, 0.05) is 43.4 Å². The molecule has 4 heterocycles. The number of nitrogens with zero attached hydrogens (tertiary/aromatic N) is 4. The van der Waals surface area contributed by atoms with Crippen LogP contribution in [-0.4, -0.2) is 57.8 Å². The summed E-state index contributed by atoms with van der Waals surface area (Å²) in [6, 6.07) is 9.28. The van der Waals surface area contributed by atoms with Crippen molar-refractivity contribution in [2.75, 3.05) is 26.2 Å². The number of carbonyl (C=O) groups is 2. The summed E-state index contributed by atoms with van der Waals surface area (Å²) < 4.78 is 0.699. The minimum Gasteiger partial charge on any atom is -0.339 e. The summed E-state index contributed by atoms with van der Waals surface area (Å²) in [5.41, 5.74) is 1.20. The lowest BCUT2D eigenvalue weighted by molar-refractivity contribution is -0.132. The number of aromatic nitrogens is 2. The van der Waals surface area contributed by atoms with Gasteiger partial charge >= 0.3 is 0 Å². The first kappa shape index (κ1) is 19.0. The summed E-state index contributed by atoms with van der Waals surface area (Å²) in [6.45, 7) is 2.05. The molecule has 0 atom stereocenters. The standard InChI is InChI=1S/C19H17ClN4O2S2/c20-16-5-4-15(28-16)18-22-14(12-27-18)19(26)24-9-7-23(8-10-24)17(25)11-13-3-1-2-6-21-13/h1-6,12H,7-11H2. The molecule has 0 aliphatic carbocycles. The number of carbonyl (C=O) groups excluding carboxylic acids is 2. The first-order valence-electron chi connectivity index (χ1n) is 8.78. The minimum absolute atomic E-state index is 0.0383. The molecule has 0 spiro atoms. The Bertz CT molecular complexity index is 981. The minimum atomic E-state index is -0.0954. The second-order valence-corrected chi connectivity index (χ2v) is 8.89. The second kappa shape index (κ2) is 8.38. The zero-order valence-corrected chi connectivity index (χ0v) is 17.3. The Hall–Kier alpha value is -2.29. The molecule has 0 saturated carbocycles. The second-order valence-electron chi connectivity index (χ2n) is 6.31. The van der Waals surface area contributed by atoms with Gasteiger partial charge in [-0.05, 0) is 24.3 Å². The van der Waals surface area contributed by atoms with E-state index >= 15 is 0 Å². The highest BCUT2D eigenvalue weighted by molar-refractivity contribution is 7.23. The van der Waals surface area contributed by atoms with Crippen molar-refractivity contribution in [3.63, 3.8) is 0 Å². The number of halogens is 1. The lowest BCUT2D eigenvalue weighted by Crippen LogP contribution is -2.51. The number of rotatable bonds is 4. The van der Waals surface area contributed by atoms with Gasteiger partial charge in [-0.1, -0.05) is 17.7 Å². The first-order chi connectivity index (χ1) is 13.6. The zero-order chi connectivity index (χ0) is 19.5. The lowest BCUT2D eigenvalue weighted by atomic mass is 10.2. The van der Waals surface area contributed by atoms with Crippen molar-refractivity contribution in [2.45, 2.75) is 6.42 Å². The van der Waals surface area contributed by atoms with Crippen LogP contribution in [0.25, 0.3) is 9.88 Å². The molecule has 144 valence electrons. The Morgan fingerprint density at radius 1 is 1.07 bits per heavy atom. The topological polar surface area (TPSA) is 66.4 Å². The van der Waals surface area contributed by atoms with Gasteiger partial charge < -0.3 is 9.80 Å². The van der Waals surface area contributed by atoms with E-state index in [2.05, 4.69) is 9.97 Å². The van der Waals surface area contributed by atoms with Gasteiger partial charge in [0.15, 0.2) is 0 Å². The summed E-state index contributed by atoms with van der Waals surface area (Å²) in [5.74, 6) is -0.0571. The van der Waals surface area contributed by atoms with Crippen LogP contribution in [0.4, 0.5) is 0 Å². The van der Waals surface area contributed by atoms with Crippen molar-refractivity contribution < 1.29 is 9.59 Å². The van der Waals surface area contributed by atoms with Crippen LogP contribution in [0.15, 0.2) is 41.9 Å². The van der Waals surface area contributed by atoms with Crippen molar-refractivity contribution in [2.24, 2.45) is 0 Å². The molecule has 2 amide bonds. The Morgan fingerprint density at radius 3 is 2.54 bits per heavy atom. The maximum absolute atomic E-state index is 12.8. The fraction of sp³-hybridized carbons (Fsp3) is 0.263. The molecule has 0 N–H and O–H groups in total. The van der Waals surface area contributed by atoms with E-state index in [1.54, 1.807) is 21.4 Å².